The van der Waals surface area contributed by atoms with Gasteiger partial charge in [-0.2, -0.15) is 4.98 Å². The first-order valence-electron chi connectivity index (χ1n) is 9.59. The third-order valence-corrected chi connectivity index (χ3v) is 5.29. The van der Waals surface area contributed by atoms with Crippen LogP contribution >= 0.6 is 23.2 Å². The van der Waals surface area contributed by atoms with Crippen LogP contribution in [0.4, 0.5) is 16.4 Å². The van der Waals surface area contributed by atoms with E-state index in [0.717, 1.165) is 0 Å². The molecule has 32 heavy (non-hydrogen) atoms. The van der Waals surface area contributed by atoms with E-state index in [1.165, 1.54) is 0 Å². The van der Waals surface area contributed by atoms with Gasteiger partial charge in [-0.15, -0.1) is 0 Å². The summed E-state index contributed by atoms with van der Waals surface area (Å²) in [7, 11) is 0. The van der Waals surface area contributed by atoms with E-state index in [4.69, 9.17) is 42.8 Å². The molecule has 2 aromatic carbocycles. The Morgan fingerprint density at radius 2 is 1.72 bits per heavy atom. The normalized spacial score (nSPS) is 13.6. The van der Waals surface area contributed by atoms with Gasteiger partial charge < -0.3 is 29.8 Å². The molecule has 166 valence electrons. The standard InChI is InChI=1S/C21H18Cl2N4O5/c22-14-2-1-3-15(23)16(14)17-26-19(32-21(24)29)18(31-17)25-13-6-4-12(5-7-13)20(28)27-8-10-30-11-9-27/h1-7,25H,8-11H2,(H2,24,29). The number of halogens is 2. The average Bonchev–Trinajstić information content (AvgIpc) is 3.15. The number of anilines is 2. The Kier molecular flexibility index (Phi) is 6.50. The molecule has 9 nitrogen and oxygen atoms in total. The third-order valence-electron chi connectivity index (χ3n) is 4.66. The molecule has 0 bridgehead atoms. The number of nitrogens with one attached hydrogen (secondary N) is 1. The number of primary amides is 1. The lowest BCUT2D eigenvalue weighted by atomic mass is 10.1. The number of benzene rings is 2. The molecule has 0 spiro atoms. The molecule has 0 unspecified atom stereocenters. The SMILES string of the molecule is NC(=O)Oc1nc(-c2c(Cl)cccc2Cl)oc1Nc1ccc(C(=O)N2CCOCC2)cc1. The third kappa shape index (κ3) is 4.80. The van der Waals surface area contributed by atoms with Gasteiger partial charge in [-0.3, -0.25) is 4.79 Å². The molecule has 1 aliphatic heterocycles. The maximum atomic E-state index is 12.6. The number of amides is 2. The van der Waals surface area contributed by atoms with Crippen LogP contribution in [0.25, 0.3) is 11.5 Å². The molecule has 0 saturated carbocycles. The van der Waals surface area contributed by atoms with Crippen molar-refractivity contribution < 1.29 is 23.5 Å². The van der Waals surface area contributed by atoms with Crippen LogP contribution in [0.15, 0.2) is 46.9 Å². The van der Waals surface area contributed by atoms with Gasteiger partial charge in [-0.05, 0) is 36.4 Å². The van der Waals surface area contributed by atoms with Crippen molar-refractivity contribution in [2.45, 2.75) is 0 Å². The first-order chi connectivity index (χ1) is 15.4. The molecule has 11 heteroatoms. The van der Waals surface area contributed by atoms with Gasteiger partial charge in [0.05, 0.1) is 28.8 Å². The van der Waals surface area contributed by atoms with Crippen LogP contribution in [0.2, 0.25) is 10.0 Å². The Morgan fingerprint density at radius 3 is 2.34 bits per heavy atom. The van der Waals surface area contributed by atoms with E-state index in [1.807, 2.05) is 0 Å². The van der Waals surface area contributed by atoms with E-state index in [0.29, 0.717) is 53.2 Å². The van der Waals surface area contributed by atoms with E-state index >= 15 is 0 Å². The summed E-state index contributed by atoms with van der Waals surface area (Å²) < 4.78 is 16.0. The minimum Gasteiger partial charge on any atom is -0.416 e. The van der Waals surface area contributed by atoms with Crippen molar-refractivity contribution >= 4 is 46.8 Å². The molecule has 2 amide bonds. The molecule has 1 fully saturated rings. The molecule has 3 N–H and O–H groups in total. The molecule has 1 aromatic heterocycles. The first kappa shape index (κ1) is 21.9. The number of nitrogens with zero attached hydrogens (tertiary/aromatic N) is 2. The fourth-order valence-electron chi connectivity index (χ4n) is 3.13. The Hall–Kier alpha value is -3.27. The van der Waals surface area contributed by atoms with Gasteiger partial charge in [0.25, 0.3) is 17.7 Å². The van der Waals surface area contributed by atoms with Crippen molar-refractivity contribution in [1.82, 2.24) is 9.88 Å². The van der Waals surface area contributed by atoms with Crippen LogP contribution in [-0.2, 0) is 4.74 Å². The zero-order chi connectivity index (χ0) is 22.7. The second kappa shape index (κ2) is 9.47. The van der Waals surface area contributed by atoms with E-state index in [9.17, 15) is 9.59 Å². The van der Waals surface area contributed by atoms with Crippen molar-refractivity contribution in [1.29, 1.82) is 0 Å². The summed E-state index contributed by atoms with van der Waals surface area (Å²) in [5, 5.41) is 3.57. The van der Waals surface area contributed by atoms with Crippen LogP contribution in [0, 0.1) is 0 Å². The van der Waals surface area contributed by atoms with Crippen LogP contribution < -0.4 is 15.8 Å². The summed E-state index contributed by atoms with van der Waals surface area (Å²) in [5.74, 6) is -0.203. The highest BCUT2D eigenvalue weighted by Crippen LogP contribution is 2.39. The lowest BCUT2D eigenvalue weighted by Crippen LogP contribution is -2.40. The quantitative estimate of drug-likeness (QED) is 0.562. The van der Waals surface area contributed by atoms with Gasteiger partial charge in [0.15, 0.2) is 0 Å². The number of rotatable bonds is 5. The van der Waals surface area contributed by atoms with Crippen LogP contribution in [0.5, 0.6) is 5.88 Å². The fourth-order valence-corrected chi connectivity index (χ4v) is 3.69. The van der Waals surface area contributed by atoms with Crippen molar-refractivity contribution in [3.05, 3.63) is 58.1 Å². The van der Waals surface area contributed by atoms with Crippen molar-refractivity contribution in [3.8, 4) is 17.3 Å². The zero-order valence-electron chi connectivity index (χ0n) is 16.6. The second-order valence-electron chi connectivity index (χ2n) is 6.78. The average molecular weight is 477 g/mol. The highest BCUT2D eigenvalue weighted by Gasteiger charge is 2.22. The van der Waals surface area contributed by atoms with E-state index in [-0.39, 0.29) is 23.6 Å². The minimum absolute atomic E-state index is 0.0158. The highest BCUT2D eigenvalue weighted by molar-refractivity contribution is 6.38. The van der Waals surface area contributed by atoms with Crippen LogP contribution in [0.3, 0.4) is 0 Å². The monoisotopic (exact) mass is 476 g/mol. The van der Waals surface area contributed by atoms with Gasteiger partial charge in [-0.25, -0.2) is 4.79 Å². The number of carbonyl (C=O) groups excluding carboxylic acids is 2. The Balaban J connectivity index is 1.58. The van der Waals surface area contributed by atoms with Gasteiger partial charge in [-0.1, -0.05) is 29.3 Å². The summed E-state index contributed by atoms with van der Waals surface area (Å²) in [4.78, 5) is 29.8. The van der Waals surface area contributed by atoms with Crippen LogP contribution in [0.1, 0.15) is 10.4 Å². The topological polar surface area (TPSA) is 120 Å². The Bertz CT molecular complexity index is 1120. The summed E-state index contributed by atoms with van der Waals surface area (Å²) in [6.07, 6.45) is -1.07. The van der Waals surface area contributed by atoms with Gasteiger partial charge in [0.1, 0.15) is 0 Å². The fraction of sp³-hybridized carbons (Fsp3) is 0.190. The smallest absolute Gasteiger partial charge is 0.411 e. The van der Waals surface area contributed by atoms with Gasteiger partial charge in [0, 0.05) is 24.3 Å². The van der Waals surface area contributed by atoms with Crippen molar-refractivity contribution in [2.24, 2.45) is 5.73 Å². The molecule has 0 atom stereocenters. The zero-order valence-corrected chi connectivity index (χ0v) is 18.2. The molecule has 2 heterocycles. The predicted octanol–water partition coefficient (Wildman–Crippen LogP) is 4.32. The summed E-state index contributed by atoms with van der Waals surface area (Å²) in [5.41, 5.74) is 6.58. The number of aromatic nitrogens is 1. The van der Waals surface area contributed by atoms with E-state index < -0.39 is 6.09 Å². The van der Waals surface area contributed by atoms with E-state index in [1.54, 1.807) is 47.4 Å². The number of oxazole rings is 1. The molecule has 1 aliphatic rings. The molecule has 4 rings (SSSR count). The number of hydrogen-bond donors (Lipinski definition) is 2. The van der Waals surface area contributed by atoms with Gasteiger partial charge >= 0.3 is 6.09 Å². The largest absolute Gasteiger partial charge is 0.416 e. The van der Waals surface area contributed by atoms with Crippen molar-refractivity contribution in [2.75, 3.05) is 31.6 Å². The number of morpholine rings is 1. The second-order valence-corrected chi connectivity index (χ2v) is 7.59. The minimum atomic E-state index is -1.07. The van der Waals surface area contributed by atoms with Crippen LogP contribution in [-0.4, -0.2) is 48.2 Å². The lowest BCUT2D eigenvalue weighted by Gasteiger charge is -2.26. The number of hydrogen-bond acceptors (Lipinski definition) is 7. The molecular formula is C21H18Cl2N4O5. The van der Waals surface area contributed by atoms with E-state index in [2.05, 4.69) is 10.3 Å². The number of carbonyl (C=O) groups is 2. The summed E-state index contributed by atoms with van der Waals surface area (Å²) >= 11 is 12.4. The Labute approximate surface area is 193 Å². The maximum Gasteiger partial charge on any atom is 0.411 e. The van der Waals surface area contributed by atoms with Gasteiger partial charge in [0.2, 0.25) is 5.89 Å². The first-order valence-corrected chi connectivity index (χ1v) is 10.3. The Morgan fingerprint density at radius 1 is 1.06 bits per heavy atom. The molecule has 3 aromatic rings. The lowest BCUT2D eigenvalue weighted by molar-refractivity contribution is 0.0303. The number of nitrogens with two attached hydrogens (primary N) is 1. The maximum absolute atomic E-state index is 12.6. The molecule has 0 radical (unpaired) electrons. The molecule has 1 saturated heterocycles. The molecule has 0 aliphatic carbocycles. The molecular weight excluding hydrogens is 459 g/mol. The van der Waals surface area contributed by atoms with Crippen molar-refractivity contribution in [3.63, 3.8) is 0 Å². The summed E-state index contributed by atoms with van der Waals surface area (Å²) in [6.45, 7) is 2.16. The number of ether oxygens (including phenoxy) is 2. The predicted molar refractivity (Wildman–Crippen MR) is 119 cm³/mol. The highest BCUT2D eigenvalue weighted by atomic mass is 35.5. The summed E-state index contributed by atoms with van der Waals surface area (Å²) in [6, 6.07) is 11.7.